The van der Waals surface area contributed by atoms with Crippen LogP contribution in [0.2, 0.25) is 0 Å². The highest BCUT2D eigenvalue weighted by Gasteiger charge is 2.09. The molecule has 0 saturated carbocycles. The first-order valence-electron chi connectivity index (χ1n) is 6.93. The zero-order chi connectivity index (χ0) is 15.2. The molecule has 1 unspecified atom stereocenters. The largest absolute Gasteiger partial charge is 0.197 e. The highest BCUT2D eigenvalue weighted by atomic mass is 14.3. The maximum absolute atomic E-state index is 8.76. The zero-order valence-electron chi connectivity index (χ0n) is 11.9. The molecule has 20 heavy (non-hydrogen) atoms. The molecular formula is C19H21N. The van der Waals surface area contributed by atoms with Crippen molar-refractivity contribution in [2.75, 3.05) is 0 Å². The Morgan fingerprint density at radius 3 is 1.75 bits per heavy atom. The standard InChI is InChI=1S/C19H21N/c1-5-11-17(6-2)12-9-13-18(7-3)14-10-15-19(8-4)16-20/h1-4,17-19H,9-15H2/t17-,18-,19?/m1/s1. The Hall–Kier alpha value is -2.27. The average Bonchev–Trinajstić information content (AvgIpc) is 2.48. The summed E-state index contributed by atoms with van der Waals surface area (Å²) in [5.74, 6) is 10.7. The highest BCUT2D eigenvalue weighted by Crippen LogP contribution is 2.20. The number of terminal acetylenes is 4. The van der Waals surface area contributed by atoms with Gasteiger partial charge in [-0.3, -0.25) is 0 Å². The minimum atomic E-state index is -0.296. The quantitative estimate of drug-likeness (QED) is 0.583. The second-order valence-electron chi connectivity index (χ2n) is 4.85. The predicted molar refractivity (Wildman–Crippen MR) is 83.7 cm³/mol. The van der Waals surface area contributed by atoms with Gasteiger partial charge in [-0.25, -0.2) is 0 Å². The molecule has 0 radical (unpaired) electrons. The van der Waals surface area contributed by atoms with Gasteiger partial charge in [0.1, 0.15) is 5.92 Å². The molecule has 0 aliphatic heterocycles. The first-order valence-corrected chi connectivity index (χ1v) is 6.93. The zero-order valence-corrected chi connectivity index (χ0v) is 11.9. The second kappa shape index (κ2) is 11.8. The lowest BCUT2D eigenvalue weighted by Gasteiger charge is -2.12. The van der Waals surface area contributed by atoms with Gasteiger partial charge in [0.25, 0.3) is 0 Å². The molecule has 102 valence electrons. The average molecular weight is 263 g/mol. The van der Waals surface area contributed by atoms with E-state index in [9.17, 15) is 0 Å². The second-order valence-corrected chi connectivity index (χ2v) is 4.85. The van der Waals surface area contributed by atoms with Crippen LogP contribution >= 0.6 is 0 Å². The maximum Gasteiger partial charge on any atom is 0.107 e. The van der Waals surface area contributed by atoms with Crippen LogP contribution in [0.3, 0.4) is 0 Å². The summed E-state index contributed by atoms with van der Waals surface area (Å²) >= 11 is 0. The summed E-state index contributed by atoms with van der Waals surface area (Å²) in [6, 6.07) is 2.09. The summed E-state index contributed by atoms with van der Waals surface area (Å²) in [7, 11) is 0. The molecule has 0 saturated heterocycles. The van der Waals surface area contributed by atoms with E-state index in [2.05, 4.69) is 29.8 Å². The van der Waals surface area contributed by atoms with E-state index in [1.807, 2.05) is 0 Å². The van der Waals surface area contributed by atoms with Crippen molar-refractivity contribution in [2.45, 2.75) is 44.9 Å². The molecule has 0 aliphatic carbocycles. The van der Waals surface area contributed by atoms with Crippen LogP contribution in [-0.4, -0.2) is 0 Å². The fourth-order valence-electron chi connectivity index (χ4n) is 2.06. The molecule has 0 spiro atoms. The van der Waals surface area contributed by atoms with E-state index in [1.54, 1.807) is 0 Å². The Morgan fingerprint density at radius 1 is 0.750 bits per heavy atom. The van der Waals surface area contributed by atoms with E-state index in [0.29, 0.717) is 6.42 Å². The van der Waals surface area contributed by atoms with Gasteiger partial charge in [-0.05, 0) is 32.1 Å². The van der Waals surface area contributed by atoms with Gasteiger partial charge in [0.15, 0.2) is 0 Å². The van der Waals surface area contributed by atoms with Crippen molar-refractivity contribution >= 4 is 0 Å². The van der Waals surface area contributed by atoms with E-state index in [1.165, 1.54) is 0 Å². The molecule has 3 atom stereocenters. The summed E-state index contributed by atoms with van der Waals surface area (Å²) in [6.45, 7) is 0. The number of hydrogen-bond donors (Lipinski definition) is 0. The van der Waals surface area contributed by atoms with Crippen LogP contribution in [0.5, 0.6) is 0 Å². The van der Waals surface area contributed by atoms with Gasteiger partial charge < -0.3 is 0 Å². The third kappa shape index (κ3) is 7.94. The van der Waals surface area contributed by atoms with E-state index < -0.39 is 0 Å². The van der Waals surface area contributed by atoms with Crippen LogP contribution in [-0.2, 0) is 0 Å². The van der Waals surface area contributed by atoms with Crippen LogP contribution in [0.25, 0.3) is 0 Å². The Morgan fingerprint density at radius 2 is 1.30 bits per heavy atom. The fraction of sp³-hybridized carbons (Fsp3) is 0.526. The van der Waals surface area contributed by atoms with Crippen LogP contribution in [0, 0.1) is 78.5 Å². The Labute approximate surface area is 124 Å². The van der Waals surface area contributed by atoms with E-state index in [0.717, 1.165) is 38.5 Å². The highest BCUT2D eigenvalue weighted by molar-refractivity contribution is 5.05. The van der Waals surface area contributed by atoms with Crippen LogP contribution in [0.4, 0.5) is 0 Å². The lowest BCUT2D eigenvalue weighted by Crippen LogP contribution is -2.02. The van der Waals surface area contributed by atoms with Gasteiger partial charge in [-0.15, -0.1) is 43.5 Å². The minimum Gasteiger partial charge on any atom is -0.197 e. The molecule has 0 N–H and O–H groups in total. The maximum atomic E-state index is 8.76. The predicted octanol–water partition coefficient (Wildman–Crippen LogP) is 3.62. The van der Waals surface area contributed by atoms with Gasteiger partial charge in [0.2, 0.25) is 0 Å². The molecule has 0 aromatic carbocycles. The molecule has 0 aliphatic rings. The van der Waals surface area contributed by atoms with Crippen LogP contribution in [0.15, 0.2) is 0 Å². The molecule has 0 bridgehead atoms. The smallest absolute Gasteiger partial charge is 0.107 e. The van der Waals surface area contributed by atoms with Gasteiger partial charge in [-0.2, -0.15) is 5.26 Å². The monoisotopic (exact) mass is 263 g/mol. The first kappa shape index (κ1) is 17.7. The van der Waals surface area contributed by atoms with Crippen molar-refractivity contribution < 1.29 is 0 Å². The van der Waals surface area contributed by atoms with Gasteiger partial charge in [0.05, 0.1) is 6.07 Å². The van der Waals surface area contributed by atoms with Gasteiger partial charge >= 0.3 is 0 Å². The summed E-state index contributed by atoms with van der Waals surface area (Å²) in [4.78, 5) is 0. The molecule has 0 aromatic rings. The van der Waals surface area contributed by atoms with Crippen molar-refractivity contribution in [2.24, 2.45) is 17.8 Å². The fourth-order valence-corrected chi connectivity index (χ4v) is 2.06. The van der Waals surface area contributed by atoms with Gasteiger partial charge in [0, 0.05) is 18.3 Å². The van der Waals surface area contributed by atoms with Crippen molar-refractivity contribution in [3.8, 4) is 55.4 Å². The van der Waals surface area contributed by atoms with E-state index >= 15 is 0 Å². The third-order valence-electron chi connectivity index (χ3n) is 3.34. The van der Waals surface area contributed by atoms with Crippen LogP contribution < -0.4 is 0 Å². The Balaban J connectivity index is 3.93. The normalized spacial score (nSPS) is 13.6. The van der Waals surface area contributed by atoms with Crippen LogP contribution in [0.1, 0.15) is 44.9 Å². The summed E-state index contributed by atoms with van der Waals surface area (Å²) in [5.41, 5.74) is 0. The summed E-state index contributed by atoms with van der Waals surface area (Å²) in [5, 5.41) is 8.76. The minimum absolute atomic E-state index is 0.155. The van der Waals surface area contributed by atoms with Gasteiger partial charge in [-0.1, -0.05) is 12.3 Å². The van der Waals surface area contributed by atoms with Crippen molar-refractivity contribution in [1.29, 1.82) is 5.26 Å². The number of rotatable bonds is 9. The Bertz CT molecular complexity index is 452. The van der Waals surface area contributed by atoms with E-state index in [-0.39, 0.29) is 17.8 Å². The molecule has 0 aromatic heterocycles. The van der Waals surface area contributed by atoms with Crippen molar-refractivity contribution in [3.63, 3.8) is 0 Å². The molecule has 0 amide bonds. The Kier molecular flexibility index (Phi) is 10.5. The topological polar surface area (TPSA) is 23.8 Å². The number of hydrogen-bond acceptors (Lipinski definition) is 1. The molecule has 1 nitrogen and oxygen atoms in total. The third-order valence-corrected chi connectivity index (χ3v) is 3.34. The van der Waals surface area contributed by atoms with Crippen molar-refractivity contribution in [1.82, 2.24) is 0 Å². The SMILES string of the molecule is C#CC[C@@H](C#C)CCC[C@@H](C#C)CCCC(C#C)C#N. The molecule has 0 rings (SSSR count). The molecule has 0 fully saturated rings. The number of nitriles is 1. The summed E-state index contributed by atoms with van der Waals surface area (Å²) < 4.78 is 0. The molecule has 0 heterocycles. The molecular weight excluding hydrogens is 242 g/mol. The lowest BCUT2D eigenvalue weighted by atomic mass is 9.91. The first-order chi connectivity index (χ1) is 9.71. The number of nitrogens with zero attached hydrogens (tertiary/aromatic N) is 1. The molecule has 1 heteroatoms. The van der Waals surface area contributed by atoms with E-state index in [4.69, 9.17) is 31.0 Å². The summed E-state index contributed by atoms with van der Waals surface area (Å²) in [6.07, 6.45) is 27.5. The lowest BCUT2D eigenvalue weighted by molar-refractivity contribution is 0.468. The van der Waals surface area contributed by atoms with Crippen molar-refractivity contribution in [3.05, 3.63) is 0 Å².